The number of ether oxygens (including phenoxy) is 1. The maximum atomic E-state index is 12.8. The van der Waals surface area contributed by atoms with Gasteiger partial charge in [-0.05, 0) is 19.1 Å². The number of aliphatic carboxylic acids is 1. The number of hydrogen-bond donors (Lipinski definition) is 1. The third-order valence-corrected chi connectivity index (χ3v) is 5.03. The lowest BCUT2D eigenvalue weighted by Crippen LogP contribution is -2.47. The summed E-state index contributed by atoms with van der Waals surface area (Å²) in [7, 11) is 0. The molecule has 108 valence electrons. The van der Waals surface area contributed by atoms with Gasteiger partial charge in [-0.15, -0.1) is 0 Å². The van der Waals surface area contributed by atoms with Crippen LogP contribution in [0, 0.1) is 11.3 Å². The predicted molar refractivity (Wildman–Crippen MR) is 74.8 cm³/mol. The maximum Gasteiger partial charge on any atom is 0.313 e. The van der Waals surface area contributed by atoms with Gasteiger partial charge in [0.25, 0.3) is 0 Å². The zero-order valence-electron chi connectivity index (χ0n) is 11.5. The topological polar surface area (TPSA) is 66.8 Å². The number of para-hydroxylation sites is 1. The number of nitrogens with zero attached hydrogens (tertiary/aromatic N) is 1. The monoisotopic (exact) mass is 285 g/mol. The Morgan fingerprint density at radius 1 is 1.38 bits per heavy atom. The van der Waals surface area contributed by atoms with Crippen LogP contribution in [0.4, 0.5) is 5.69 Å². The lowest BCUT2D eigenvalue weighted by Gasteiger charge is -2.30. The van der Waals surface area contributed by atoms with Crippen LogP contribution in [0.1, 0.15) is 6.92 Å². The van der Waals surface area contributed by atoms with Crippen LogP contribution in [0.3, 0.4) is 0 Å². The first-order valence-electron chi connectivity index (χ1n) is 6.96. The molecule has 4 atom stereocenters. The van der Waals surface area contributed by atoms with E-state index in [2.05, 4.69) is 0 Å². The second kappa shape index (κ2) is 3.74. The van der Waals surface area contributed by atoms with Crippen molar-refractivity contribution in [2.45, 2.75) is 18.6 Å². The third kappa shape index (κ3) is 1.34. The molecule has 5 heteroatoms. The molecule has 0 aliphatic carbocycles. The van der Waals surface area contributed by atoms with E-state index < -0.39 is 29.0 Å². The van der Waals surface area contributed by atoms with Gasteiger partial charge >= 0.3 is 5.97 Å². The van der Waals surface area contributed by atoms with Gasteiger partial charge in [-0.3, -0.25) is 9.59 Å². The molecule has 0 aromatic heterocycles. The van der Waals surface area contributed by atoms with E-state index >= 15 is 0 Å². The summed E-state index contributed by atoms with van der Waals surface area (Å²) < 4.78 is 5.93. The van der Waals surface area contributed by atoms with Gasteiger partial charge in [-0.25, -0.2) is 0 Å². The molecule has 0 unspecified atom stereocenters. The number of benzene rings is 1. The van der Waals surface area contributed by atoms with Gasteiger partial charge in [0.1, 0.15) is 11.0 Å². The van der Waals surface area contributed by atoms with Crippen LogP contribution in [0.5, 0.6) is 0 Å². The lowest BCUT2D eigenvalue weighted by atomic mass is 9.66. The molecule has 4 rings (SSSR count). The molecule has 2 saturated heterocycles. The molecule has 3 aliphatic rings. The van der Waals surface area contributed by atoms with Gasteiger partial charge in [0.15, 0.2) is 0 Å². The van der Waals surface area contributed by atoms with Crippen LogP contribution in [-0.2, 0) is 14.3 Å². The van der Waals surface area contributed by atoms with E-state index in [0.717, 1.165) is 5.69 Å². The molecular formula is C16H15NO4. The molecule has 21 heavy (non-hydrogen) atoms. The average Bonchev–Trinajstić information content (AvgIpc) is 3.09. The van der Waals surface area contributed by atoms with E-state index in [1.807, 2.05) is 36.4 Å². The van der Waals surface area contributed by atoms with Crippen LogP contribution in [0.2, 0.25) is 0 Å². The summed E-state index contributed by atoms with van der Waals surface area (Å²) in [4.78, 5) is 26.2. The first kappa shape index (κ1) is 12.6. The van der Waals surface area contributed by atoms with Gasteiger partial charge in [0.05, 0.1) is 18.6 Å². The number of carbonyl (C=O) groups excluding carboxylic acids is 1. The van der Waals surface area contributed by atoms with Crippen molar-refractivity contribution in [1.82, 2.24) is 0 Å². The van der Waals surface area contributed by atoms with E-state index in [9.17, 15) is 14.7 Å². The number of hydrogen-bond acceptors (Lipinski definition) is 3. The van der Waals surface area contributed by atoms with Crippen molar-refractivity contribution in [2.75, 3.05) is 11.4 Å². The Hall–Kier alpha value is -2.14. The third-order valence-electron chi connectivity index (χ3n) is 5.03. The molecule has 0 saturated carbocycles. The van der Waals surface area contributed by atoms with Gasteiger partial charge in [-0.1, -0.05) is 30.4 Å². The summed E-state index contributed by atoms with van der Waals surface area (Å²) in [6, 6.07) is 9.30. The van der Waals surface area contributed by atoms with E-state index in [-0.39, 0.29) is 5.91 Å². The minimum Gasteiger partial charge on any atom is -0.481 e. The van der Waals surface area contributed by atoms with Gasteiger partial charge in [0.2, 0.25) is 5.91 Å². The average molecular weight is 285 g/mol. The molecule has 1 aromatic rings. The number of carboxylic acids is 1. The predicted octanol–water partition coefficient (Wildman–Crippen LogP) is 1.45. The van der Waals surface area contributed by atoms with Crippen molar-refractivity contribution >= 4 is 17.6 Å². The van der Waals surface area contributed by atoms with Crippen molar-refractivity contribution in [2.24, 2.45) is 11.3 Å². The van der Waals surface area contributed by atoms with Crippen LogP contribution in [-0.4, -0.2) is 35.2 Å². The highest BCUT2D eigenvalue weighted by molar-refractivity contribution is 6.03. The summed E-state index contributed by atoms with van der Waals surface area (Å²) in [5, 5.41) is 9.63. The van der Waals surface area contributed by atoms with E-state index in [4.69, 9.17) is 4.74 Å². The van der Waals surface area contributed by atoms with Crippen molar-refractivity contribution in [1.29, 1.82) is 0 Å². The fraction of sp³-hybridized carbons (Fsp3) is 0.375. The van der Waals surface area contributed by atoms with E-state index in [1.54, 1.807) is 17.9 Å². The van der Waals surface area contributed by atoms with E-state index in [1.165, 1.54) is 0 Å². The second-order valence-electron chi connectivity index (χ2n) is 6.13. The quantitative estimate of drug-likeness (QED) is 0.835. The minimum atomic E-state index is -1.20. The Morgan fingerprint density at radius 2 is 2.10 bits per heavy atom. The number of anilines is 1. The lowest BCUT2D eigenvalue weighted by molar-refractivity contribution is -0.154. The first-order chi connectivity index (χ1) is 9.99. The molecule has 1 aromatic carbocycles. The minimum absolute atomic E-state index is 0.169. The normalized spacial score (nSPS) is 39.9. The van der Waals surface area contributed by atoms with Crippen molar-refractivity contribution in [3.8, 4) is 0 Å². The SMILES string of the molecule is C[C@]1(C(=O)O)[C@@H]2C=C[C@@]3(CN(c4ccccc4)C(=O)[C@H]13)O2. The van der Waals surface area contributed by atoms with Crippen LogP contribution in [0.25, 0.3) is 0 Å². The molecule has 1 spiro atoms. The highest BCUT2D eigenvalue weighted by Gasteiger charge is 2.73. The second-order valence-corrected chi connectivity index (χ2v) is 6.13. The van der Waals surface area contributed by atoms with Crippen LogP contribution in [0.15, 0.2) is 42.5 Å². The Labute approximate surface area is 121 Å². The highest BCUT2D eigenvalue weighted by atomic mass is 16.5. The molecular weight excluding hydrogens is 270 g/mol. The first-order valence-corrected chi connectivity index (χ1v) is 6.96. The smallest absolute Gasteiger partial charge is 0.313 e. The summed E-state index contributed by atoms with van der Waals surface area (Å²) in [6.07, 6.45) is 3.13. The summed E-state index contributed by atoms with van der Waals surface area (Å²) >= 11 is 0. The molecule has 3 heterocycles. The number of rotatable bonds is 2. The number of fused-ring (bicyclic) bond motifs is 1. The van der Waals surface area contributed by atoms with Crippen molar-refractivity contribution in [3.05, 3.63) is 42.5 Å². The Bertz CT molecular complexity index is 670. The number of amides is 1. The number of carboxylic acid groups (broad SMARTS) is 1. The summed E-state index contributed by atoms with van der Waals surface area (Å²) in [5.74, 6) is -1.82. The molecule has 0 radical (unpaired) electrons. The van der Waals surface area contributed by atoms with Crippen LogP contribution >= 0.6 is 0 Å². The Balaban J connectivity index is 1.81. The molecule has 2 bridgehead atoms. The maximum absolute atomic E-state index is 12.8. The fourth-order valence-corrected chi connectivity index (χ4v) is 3.92. The summed E-state index contributed by atoms with van der Waals surface area (Å²) in [6.45, 7) is 1.98. The molecule has 1 N–H and O–H groups in total. The fourth-order valence-electron chi connectivity index (χ4n) is 3.92. The molecule has 1 amide bonds. The van der Waals surface area contributed by atoms with Crippen LogP contribution < -0.4 is 4.90 Å². The van der Waals surface area contributed by atoms with Crippen molar-refractivity contribution < 1.29 is 19.4 Å². The van der Waals surface area contributed by atoms with Gasteiger partial charge < -0.3 is 14.7 Å². The number of carbonyl (C=O) groups is 2. The zero-order chi connectivity index (χ0) is 14.8. The largest absolute Gasteiger partial charge is 0.481 e. The van der Waals surface area contributed by atoms with Gasteiger partial charge in [0, 0.05) is 5.69 Å². The molecule has 2 fully saturated rings. The Morgan fingerprint density at radius 3 is 2.76 bits per heavy atom. The standard InChI is InChI=1S/C16H15NO4/c1-15(14(19)20)11-7-8-16(21-11)9-17(13(18)12(15)16)10-5-3-2-4-6-10/h2-8,11-12H,9H2,1H3,(H,19,20)/t11-,12+,15-,16-/m0/s1. The van der Waals surface area contributed by atoms with E-state index in [0.29, 0.717) is 6.54 Å². The summed E-state index contributed by atoms with van der Waals surface area (Å²) in [5.41, 5.74) is -1.22. The molecule has 3 aliphatic heterocycles. The Kier molecular flexibility index (Phi) is 2.24. The highest BCUT2D eigenvalue weighted by Crippen LogP contribution is 2.58. The van der Waals surface area contributed by atoms with Crippen molar-refractivity contribution in [3.63, 3.8) is 0 Å². The molecule has 5 nitrogen and oxygen atoms in total. The zero-order valence-corrected chi connectivity index (χ0v) is 11.5. The van der Waals surface area contributed by atoms with Gasteiger partial charge in [-0.2, -0.15) is 0 Å².